The van der Waals surface area contributed by atoms with Gasteiger partial charge in [-0.05, 0) is 30.9 Å². The van der Waals surface area contributed by atoms with Crippen LogP contribution >= 0.6 is 11.8 Å². The van der Waals surface area contributed by atoms with Gasteiger partial charge in [0.05, 0.1) is 11.3 Å². The summed E-state index contributed by atoms with van der Waals surface area (Å²) < 4.78 is 0. The predicted molar refractivity (Wildman–Crippen MR) is 67.5 cm³/mol. The van der Waals surface area contributed by atoms with E-state index in [0.29, 0.717) is 0 Å². The molecule has 1 aromatic rings. The van der Waals surface area contributed by atoms with Crippen molar-refractivity contribution in [3.8, 4) is 6.07 Å². The molecule has 0 saturated carbocycles. The van der Waals surface area contributed by atoms with E-state index in [2.05, 4.69) is 17.2 Å². The fourth-order valence-corrected chi connectivity index (χ4v) is 1.88. The lowest BCUT2D eigenvalue weighted by Crippen LogP contribution is -2.21. The second kappa shape index (κ2) is 5.67. The molecule has 3 heteroatoms. The third-order valence-corrected chi connectivity index (χ3v) is 2.91. The van der Waals surface area contributed by atoms with Gasteiger partial charge in [-0.3, -0.25) is 0 Å². The Hall–Kier alpha value is -1.14. The summed E-state index contributed by atoms with van der Waals surface area (Å²) in [6.45, 7) is 2.98. The number of hydrogen-bond donors (Lipinski definition) is 0. The molecule has 0 radical (unpaired) electrons. The van der Waals surface area contributed by atoms with E-state index in [0.717, 1.165) is 29.1 Å². The fraction of sp³-hybridized carbons (Fsp3) is 0.417. The first-order valence-electron chi connectivity index (χ1n) is 4.90. The van der Waals surface area contributed by atoms with Gasteiger partial charge >= 0.3 is 0 Å². The van der Waals surface area contributed by atoms with Crippen molar-refractivity contribution in [1.82, 2.24) is 0 Å². The van der Waals surface area contributed by atoms with Gasteiger partial charge in [0, 0.05) is 19.3 Å². The van der Waals surface area contributed by atoms with E-state index >= 15 is 0 Å². The molecule has 0 amide bonds. The van der Waals surface area contributed by atoms with Crippen molar-refractivity contribution in [2.24, 2.45) is 0 Å². The Labute approximate surface area is 95.9 Å². The molecule has 0 unspecified atom stereocenters. The van der Waals surface area contributed by atoms with Gasteiger partial charge in [-0.1, -0.05) is 6.07 Å². The Morgan fingerprint density at radius 2 is 2.20 bits per heavy atom. The lowest BCUT2D eigenvalue weighted by molar-refractivity contribution is 0.974. The number of aryl methyl sites for hydroxylation is 1. The molecular formula is C12H16N2S. The molecule has 1 aromatic carbocycles. The molecule has 2 nitrogen and oxygen atoms in total. The van der Waals surface area contributed by atoms with Crippen LogP contribution in [0.1, 0.15) is 11.1 Å². The first-order valence-corrected chi connectivity index (χ1v) is 6.29. The molecule has 0 N–H and O–H groups in total. The standard InChI is InChI=1S/C12H16N2S/c1-10-4-5-12(11(8-10)9-13)14(2)6-7-15-3/h4-5,8H,6-7H2,1-3H3. The van der Waals surface area contributed by atoms with Crippen LogP contribution in [0.15, 0.2) is 18.2 Å². The van der Waals surface area contributed by atoms with E-state index in [1.54, 1.807) is 0 Å². The normalized spacial score (nSPS) is 9.73. The number of nitriles is 1. The van der Waals surface area contributed by atoms with Gasteiger partial charge in [0.25, 0.3) is 0 Å². The van der Waals surface area contributed by atoms with E-state index in [9.17, 15) is 0 Å². The molecule has 0 bridgehead atoms. The van der Waals surface area contributed by atoms with E-state index < -0.39 is 0 Å². The number of rotatable bonds is 4. The highest BCUT2D eigenvalue weighted by Crippen LogP contribution is 2.20. The van der Waals surface area contributed by atoms with Crippen LogP contribution in [0.4, 0.5) is 5.69 Å². The highest BCUT2D eigenvalue weighted by atomic mass is 32.2. The average molecular weight is 220 g/mol. The van der Waals surface area contributed by atoms with Crippen LogP contribution in [0.3, 0.4) is 0 Å². The van der Waals surface area contributed by atoms with Crippen LogP contribution in [0.5, 0.6) is 0 Å². The van der Waals surface area contributed by atoms with Gasteiger partial charge in [-0.25, -0.2) is 0 Å². The van der Waals surface area contributed by atoms with Crippen LogP contribution < -0.4 is 4.90 Å². The topological polar surface area (TPSA) is 27.0 Å². The third kappa shape index (κ3) is 3.17. The molecule has 0 spiro atoms. The maximum absolute atomic E-state index is 9.04. The zero-order valence-electron chi connectivity index (χ0n) is 9.45. The second-order valence-electron chi connectivity index (χ2n) is 3.55. The van der Waals surface area contributed by atoms with Gasteiger partial charge in [0.1, 0.15) is 6.07 Å². The Balaban J connectivity index is 2.89. The number of thioether (sulfide) groups is 1. The fourth-order valence-electron chi connectivity index (χ4n) is 1.42. The monoisotopic (exact) mass is 220 g/mol. The van der Waals surface area contributed by atoms with Crippen LogP contribution in [0.2, 0.25) is 0 Å². The van der Waals surface area contributed by atoms with Crippen molar-refractivity contribution in [1.29, 1.82) is 5.26 Å². The van der Waals surface area contributed by atoms with Crippen LogP contribution in [0.25, 0.3) is 0 Å². The molecular weight excluding hydrogens is 204 g/mol. The highest BCUT2D eigenvalue weighted by molar-refractivity contribution is 7.98. The Bertz CT molecular complexity index is 368. The number of anilines is 1. The first kappa shape index (κ1) is 11.9. The molecule has 0 aliphatic carbocycles. The van der Waals surface area contributed by atoms with Crippen molar-refractivity contribution in [2.75, 3.05) is 30.5 Å². The summed E-state index contributed by atoms with van der Waals surface area (Å²) in [6.07, 6.45) is 2.09. The van der Waals surface area contributed by atoms with Crippen molar-refractivity contribution in [2.45, 2.75) is 6.92 Å². The Morgan fingerprint density at radius 3 is 2.80 bits per heavy atom. The summed E-state index contributed by atoms with van der Waals surface area (Å²) in [5, 5.41) is 9.04. The number of benzene rings is 1. The highest BCUT2D eigenvalue weighted by Gasteiger charge is 2.06. The maximum atomic E-state index is 9.04. The van der Waals surface area contributed by atoms with Gasteiger partial charge < -0.3 is 4.90 Å². The maximum Gasteiger partial charge on any atom is 0.101 e. The van der Waals surface area contributed by atoms with Crippen molar-refractivity contribution >= 4 is 17.4 Å². The molecule has 0 atom stereocenters. The second-order valence-corrected chi connectivity index (χ2v) is 4.53. The molecule has 0 aliphatic rings. The van der Waals surface area contributed by atoms with E-state index in [1.165, 1.54) is 0 Å². The van der Waals surface area contributed by atoms with Crippen LogP contribution in [-0.2, 0) is 0 Å². The predicted octanol–water partition coefficient (Wildman–Crippen LogP) is 2.67. The van der Waals surface area contributed by atoms with E-state index in [4.69, 9.17) is 5.26 Å². The molecule has 0 aliphatic heterocycles. The zero-order valence-corrected chi connectivity index (χ0v) is 10.3. The summed E-state index contributed by atoms with van der Waals surface area (Å²) in [4.78, 5) is 2.13. The average Bonchev–Trinajstić information content (AvgIpc) is 2.25. The lowest BCUT2D eigenvalue weighted by Gasteiger charge is -2.20. The molecule has 0 saturated heterocycles. The minimum Gasteiger partial charge on any atom is -0.373 e. The van der Waals surface area contributed by atoms with Crippen LogP contribution in [0, 0.1) is 18.3 Å². The summed E-state index contributed by atoms with van der Waals surface area (Å²) >= 11 is 1.82. The smallest absolute Gasteiger partial charge is 0.101 e. The van der Waals surface area contributed by atoms with Crippen molar-refractivity contribution in [3.05, 3.63) is 29.3 Å². The number of nitrogens with zero attached hydrogens (tertiary/aromatic N) is 2. The van der Waals surface area contributed by atoms with Crippen LogP contribution in [-0.4, -0.2) is 25.6 Å². The summed E-state index contributed by atoms with van der Waals surface area (Å²) in [6, 6.07) is 8.25. The molecule has 1 rings (SSSR count). The molecule has 15 heavy (non-hydrogen) atoms. The first-order chi connectivity index (χ1) is 7.19. The summed E-state index contributed by atoms with van der Waals surface area (Å²) in [5.74, 6) is 1.08. The molecule has 0 heterocycles. The summed E-state index contributed by atoms with van der Waals surface area (Å²) in [7, 11) is 2.03. The quantitative estimate of drug-likeness (QED) is 0.780. The Kier molecular flexibility index (Phi) is 4.51. The number of hydrogen-bond acceptors (Lipinski definition) is 3. The van der Waals surface area contributed by atoms with Gasteiger partial charge in [-0.2, -0.15) is 17.0 Å². The molecule has 0 aromatic heterocycles. The van der Waals surface area contributed by atoms with Crippen molar-refractivity contribution < 1.29 is 0 Å². The van der Waals surface area contributed by atoms with E-state index in [1.807, 2.05) is 43.9 Å². The Morgan fingerprint density at radius 1 is 1.47 bits per heavy atom. The SMILES string of the molecule is CSCCN(C)c1ccc(C)cc1C#N. The van der Waals surface area contributed by atoms with E-state index in [-0.39, 0.29) is 0 Å². The van der Waals surface area contributed by atoms with Gasteiger partial charge in [0.15, 0.2) is 0 Å². The molecule has 80 valence electrons. The minimum absolute atomic E-state index is 0.763. The molecule has 0 fully saturated rings. The third-order valence-electron chi connectivity index (χ3n) is 2.31. The summed E-state index contributed by atoms with van der Waals surface area (Å²) in [5.41, 5.74) is 2.92. The van der Waals surface area contributed by atoms with Gasteiger partial charge in [0.2, 0.25) is 0 Å². The van der Waals surface area contributed by atoms with Crippen molar-refractivity contribution in [3.63, 3.8) is 0 Å². The zero-order chi connectivity index (χ0) is 11.3. The largest absolute Gasteiger partial charge is 0.373 e. The lowest BCUT2D eigenvalue weighted by atomic mass is 10.1. The minimum atomic E-state index is 0.763. The van der Waals surface area contributed by atoms with Gasteiger partial charge in [-0.15, -0.1) is 0 Å².